The van der Waals surface area contributed by atoms with E-state index in [1.807, 2.05) is 6.92 Å². The molecule has 0 aliphatic heterocycles. The van der Waals surface area contributed by atoms with Crippen molar-refractivity contribution in [3.05, 3.63) is 0 Å². The predicted octanol–water partition coefficient (Wildman–Crippen LogP) is 2.41. The molecule has 0 aromatic rings. The van der Waals surface area contributed by atoms with Gasteiger partial charge in [0.15, 0.2) is 0 Å². The number of alkyl halides is 1. The molecule has 0 heterocycles. The van der Waals surface area contributed by atoms with Gasteiger partial charge in [0.05, 0.1) is 0 Å². The van der Waals surface area contributed by atoms with Gasteiger partial charge in [0, 0.05) is 17.8 Å². The minimum absolute atomic E-state index is 0.0728. The minimum Gasteiger partial charge on any atom is -0.352 e. The van der Waals surface area contributed by atoms with Crippen molar-refractivity contribution in [1.82, 2.24) is 5.32 Å². The molecule has 1 amide bonds. The average Bonchev–Trinajstić information content (AvgIpc) is 2.46. The quantitative estimate of drug-likeness (QED) is 0.723. The van der Waals surface area contributed by atoms with Crippen LogP contribution in [0.15, 0.2) is 0 Å². The van der Waals surface area contributed by atoms with Crippen LogP contribution in [-0.4, -0.2) is 17.8 Å². The van der Waals surface area contributed by atoms with Gasteiger partial charge in [-0.3, -0.25) is 4.79 Å². The van der Waals surface area contributed by atoms with Gasteiger partial charge in [-0.15, -0.1) is 11.6 Å². The van der Waals surface area contributed by atoms with Gasteiger partial charge >= 0.3 is 0 Å². The zero-order valence-electron chi connectivity index (χ0n) is 9.65. The van der Waals surface area contributed by atoms with E-state index in [9.17, 15) is 4.79 Å². The maximum atomic E-state index is 11.6. The molecule has 0 aromatic carbocycles. The molecule has 0 aromatic heterocycles. The van der Waals surface area contributed by atoms with E-state index in [4.69, 9.17) is 11.6 Å². The average molecular weight is 218 g/mol. The van der Waals surface area contributed by atoms with Gasteiger partial charge in [0.25, 0.3) is 0 Å². The third-order valence-corrected chi connectivity index (χ3v) is 4.45. The molecule has 1 aliphatic rings. The van der Waals surface area contributed by atoms with Crippen molar-refractivity contribution in [3.63, 3.8) is 0 Å². The van der Waals surface area contributed by atoms with Crippen molar-refractivity contribution < 1.29 is 4.79 Å². The smallest absolute Gasteiger partial charge is 0.224 e. The molecule has 3 heteroatoms. The number of rotatable bonds is 3. The second-order valence-electron chi connectivity index (χ2n) is 5.44. The summed E-state index contributed by atoms with van der Waals surface area (Å²) in [5.41, 5.74) is 0.406. The molecule has 1 N–H and O–H groups in total. The zero-order valence-corrected chi connectivity index (χ0v) is 10.4. The van der Waals surface area contributed by atoms with Crippen molar-refractivity contribution >= 4 is 17.5 Å². The molecule has 14 heavy (non-hydrogen) atoms. The molecule has 0 radical (unpaired) electrons. The van der Waals surface area contributed by atoms with Crippen molar-refractivity contribution in [2.24, 2.45) is 16.7 Å². The van der Waals surface area contributed by atoms with E-state index in [1.165, 1.54) is 0 Å². The second-order valence-corrected chi connectivity index (χ2v) is 5.75. The minimum atomic E-state index is -0.0936. The van der Waals surface area contributed by atoms with Crippen LogP contribution in [0.1, 0.15) is 34.6 Å². The molecule has 82 valence electrons. The van der Waals surface area contributed by atoms with Crippen LogP contribution in [0.25, 0.3) is 0 Å². The van der Waals surface area contributed by atoms with Crippen molar-refractivity contribution in [2.75, 3.05) is 5.88 Å². The normalized spacial score (nSPS) is 25.6. The van der Waals surface area contributed by atoms with Gasteiger partial charge in [-0.25, -0.2) is 0 Å². The van der Waals surface area contributed by atoms with E-state index >= 15 is 0 Å². The molecule has 1 fully saturated rings. The Hall–Kier alpha value is -0.240. The molecule has 1 unspecified atom stereocenters. The first-order valence-corrected chi connectivity index (χ1v) is 5.65. The van der Waals surface area contributed by atoms with Crippen molar-refractivity contribution in [1.29, 1.82) is 0 Å². The molecule has 0 spiro atoms. The molecule has 1 atom stereocenters. The Morgan fingerprint density at radius 3 is 2.07 bits per heavy atom. The lowest BCUT2D eigenvalue weighted by Crippen LogP contribution is -2.34. The molecule has 2 nitrogen and oxygen atoms in total. The number of amides is 1. The van der Waals surface area contributed by atoms with Crippen LogP contribution in [0.5, 0.6) is 0 Å². The summed E-state index contributed by atoms with van der Waals surface area (Å²) < 4.78 is 0. The third kappa shape index (κ3) is 1.65. The summed E-state index contributed by atoms with van der Waals surface area (Å²) in [6.07, 6.45) is 0. The standard InChI is InChI=1S/C11H20ClNO/c1-7(6-12)8(14)13-9-10(2,3)11(9,4)5/h7,9H,6H2,1-5H3,(H,13,14). The summed E-state index contributed by atoms with van der Waals surface area (Å²) >= 11 is 5.63. The van der Waals surface area contributed by atoms with Gasteiger partial charge in [0.1, 0.15) is 0 Å². The Bertz CT molecular complexity index is 234. The van der Waals surface area contributed by atoms with Crippen LogP contribution < -0.4 is 5.32 Å². The highest BCUT2D eigenvalue weighted by molar-refractivity contribution is 6.19. The first kappa shape index (κ1) is 11.8. The van der Waals surface area contributed by atoms with E-state index in [2.05, 4.69) is 33.0 Å². The van der Waals surface area contributed by atoms with Gasteiger partial charge in [0.2, 0.25) is 5.91 Å². The Kier molecular flexibility index (Phi) is 2.88. The zero-order chi connectivity index (χ0) is 11.1. The fourth-order valence-corrected chi connectivity index (χ4v) is 2.05. The summed E-state index contributed by atoms with van der Waals surface area (Å²) in [7, 11) is 0. The largest absolute Gasteiger partial charge is 0.352 e. The lowest BCUT2D eigenvalue weighted by molar-refractivity contribution is -0.124. The number of halogens is 1. The SMILES string of the molecule is CC(CCl)C(=O)NC1C(C)(C)C1(C)C. The van der Waals surface area contributed by atoms with E-state index < -0.39 is 0 Å². The summed E-state index contributed by atoms with van der Waals surface area (Å²) in [5.74, 6) is 0.367. The Morgan fingerprint density at radius 2 is 1.79 bits per heavy atom. The molecule has 1 saturated carbocycles. The third-order valence-electron chi connectivity index (χ3n) is 3.99. The number of hydrogen-bond acceptors (Lipinski definition) is 1. The van der Waals surface area contributed by atoms with Crippen LogP contribution in [0, 0.1) is 16.7 Å². The lowest BCUT2D eigenvalue weighted by Gasteiger charge is -2.10. The van der Waals surface area contributed by atoms with Crippen LogP contribution in [0.4, 0.5) is 0 Å². The van der Waals surface area contributed by atoms with Crippen LogP contribution in [0.2, 0.25) is 0 Å². The molecule has 1 aliphatic carbocycles. The van der Waals surface area contributed by atoms with Crippen LogP contribution >= 0.6 is 11.6 Å². The van der Waals surface area contributed by atoms with Gasteiger partial charge in [-0.05, 0) is 10.8 Å². The Balaban J connectivity index is 2.53. The van der Waals surface area contributed by atoms with Gasteiger partial charge in [-0.2, -0.15) is 0 Å². The maximum Gasteiger partial charge on any atom is 0.224 e. The number of carbonyl (C=O) groups is 1. The number of nitrogens with one attached hydrogen (secondary N) is 1. The van der Waals surface area contributed by atoms with E-state index in [0.717, 1.165) is 0 Å². The van der Waals surface area contributed by atoms with E-state index in [-0.39, 0.29) is 28.7 Å². The van der Waals surface area contributed by atoms with Crippen molar-refractivity contribution in [3.8, 4) is 0 Å². The number of hydrogen-bond donors (Lipinski definition) is 1. The first-order valence-electron chi connectivity index (χ1n) is 5.11. The lowest BCUT2D eigenvalue weighted by atomic mass is 10.0. The second kappa shape index (κ2) is 3.41. The predicted molar refractivity (Wildman–Crippen MR) is 59.4 cm³/mol. The highest BCUT2D eigenvalue weighted by atomic mass is 35.5. The van der Waals surface area contributed by atoms with Crippen LogP contribution in [-0.2, 0) is 4.79 Å². The molecular weight excluding hydrogens is 198 g/mol. The number of carbonyl (C=O) groups excluding carboxylic acids is 1. The first-order chi connectivity index (χ1) is 6.25. The highest BCUT2D eigenvalue weighted by Gasteiger charge is 2.65. The Morgan fingerprint density at radius 1 is 1.36 bits per heavy atom. The summed E-state index contributed by atoms with van der Waals surface area (Å²) in [6, 6.07) is 0.285. The van der Waals surface area contributed by atoms with Crippen molar-refractivity contribution in [2.45, 2.75) is 40.7 Å². The maximum absolute atomic E-state index is 11.6. The van der Waals surface area contributed by atoms with E-state index in [0.29, 0.717) is 5.88 Å². The van der Waals surface area contributed by atoms with Crippen LogP contribution in [0.3, 0.4) is 0 Å². The summed E-state index contributed by atoms with van der Waals surface area (Å²) in [6.45, 7) is 10.6. The molecule has 0 saturated heterocycles. The summed E-state index contributed by atoms with van der Waals surface area (Å²) in [4.78, 5) is 11.6. The topological polar surface area (TPSA) is 29.1 Å². The summed E-state index contributed by atoms with van der Waals surface area (Å²) in [5, 5.41) is 3.06. The Labute approximate surface area is 91.4 Å². The fraction of sp³-hybridized carbons (Fsp3) is 0.909. The van der Waals surface area contributed by atoms with Gasteiger partial charge < -0.3 is 5.32 Å². The fourth-order valence-electron chi connectivity index (χ4n) is 1.91. The molecular formula is C11H20ClNO. The molecule has 1 rings (SSSR count). The van der Waals surface area contributed by atoms with E-state index in [1.54, 1.807) is 0 Å². The molecule has 0 bridgehead atoms. The monoisotopic (exact) mass is 217 g/mol. The van der Waals surface area contributed by atoms with Gasteiger partial charge in [-0.1, -0.05) is 34.6 Å². The highest BCUT2D eigenvalue weighted by Crippen LogP contribution is 2.62.